The van der Waals surface area contributed by atoms with Gasteiger partial charge in [0.05, 0.1) is 12.0 Å². The smallest absolute Gasteiger partial charge is 0.342 e. The van der Waals surface area contributed by atoms with Crippen LogP contribution in [-0.4, -0.2) is 35.1 Å². The Morgan fingerprint density at radius 3 is 2.58 bits per heavy atom. The van der Waals surface area contributed by atoms with Gasteiger partial charge in [0.1, 0.15) is 5.56 Å². The molecule has 2 rings (SSSR count). The number of phenolic OH excluding ortho intramolecular Hbond substituents is 1. The number of nitrogens with zero attached hydrogens (tertiary/aromatic N) is 1. The Kier molecular flexibility index (Phi) is 5.74. The van der Waals surface area contributed by atoms with Gasteiger partial charge in [0.25, 0.3) is 11.6 Å². The van der Waals surface area contributed by atoms with E-state index in [1.165, 1.54) is 56.5 Å². The van der Waals surface area contributed by atoms with Crippen molar-refractivity contribution in [1.29, 1.82) is 0 Å². The number of nitrogens with one attached hydrogen (secondary N) is 1. The fraction of sp³-hybridized carbons (Fsp3) is 0.176. The van der Waals surface area contributed by atoms with E-state index in [0.29, 0.717) is 0 Å². The summed E-state index contributed by atoms with van der Waals surface area (Å²) in [4.78, 5) is 34.4. The average Bonchev–Trinajstić information content (AvgIpc) is 2.61. The minimum Gasteiger partial charge on any atom is -0.504 e. The third-order valence-corrected chi connectivity index (χ3v) is 3.42. The van der Waals surface area contributed by atoms with Crippen molar-refractivity contribution < 1.29 is 29.1 Å². The number of nitro benzene ring substituents is 1. The molecule has 1 amide bonds. The number of hydrogen-bond donors (Lipinski definition) is 2. The number of para-hydroxylation sites is 1. The first-order valence-electron chi connectivity index (χ1n) is 7.45. The van der Waals surface area contributed by atoms with E-state index in [2.05, 4.69) is 5.32 Å². The zero-order valence-corrected chi connectivity index (χ0v) is 14.0. The number of ether oxygens (including phenoxy) is 2. The molecule has 0 aromatic heterocycles. The van der Waals surface area contributed by atoms with Gasteiger partial charge in [0.2, 0.25) is 0 Å². The van der Waals surface area contributed by atoms with Crippen LogP contribution >= 0.6 is 0 Å². The SMILES string of the molecule is COc1cccc(C(=O)O[C@H](C)C(=O)Nc2cccc([N+](=O)[O-])c2)c1O. The van der Waals surface area contributed by atoms with Crippen LogP contribution in [0.2, 0.25) is 0 Å². The zero-order chi connectivity index (χ0) is 19.3. The van der Waals surface area contributed by atoms with Crippen molar-refractivity contribution in [2.75, 3.05) is 12.4 Å². The molecule has 136 valence electrons. The first kappa shape index (κ1) is 18.7. The molecule has 0 saturated heterocycles. The molecular formula is C17H16N2O7. The molecule has 9 heteroatoms. The van der Waals surface area contributed by atoms with E-state index in [4.69, 9.17) is 9.47 Å². The van der Waals surface area contributed by atoms with Crippen LogP contribution in [0.15, 0.2) is 42.5 Å². The summed E-state index contributed by atoms with van der Waals surface area (Å²) in [5, 5.41) is 23.1. The Morgan fingerprint density at radius 1 is 1.23 bits per heavy atom. The van der Waals surface area contributed by atoms with Crippen LogP contribution in [0, 0.1) is 10.1 Å². The number of hydrogen-bond acceptors (Lipinski definition) is 7. The molecule has 2 aromatic carbocycles. The fourth-order valence-corrected chi connectivity index (χ4v) is 2.07. The first-order valence-corrected chi connectivity index (χ1v) is 7.45. The maximum atomic E-state index is 12.1. The summed E-state index contributed by atoms with van der Waals surface area (Å²) >= 11 is 0. The number of nitro groups is 1. The Hall–Kier alpha value is -3.62. The first-order chi connectivity index (χ1) is 12.3. The molecule has 1 atom stereocenters. The summed E-state index contributed by atoms with van der Waals surface area (Å²) < 4.78 is 9.93. The van der Waals surface area contributed by atoms with Gasteiger partial charge in [-0.3, -0.25) is 14.9 Å². The van der Waals surface area contributed by atoms with Crippen molar-refractivity contribution in [3.63, 3.8) is 0 Å². The highest BCUT2D eigenvalue weighted by atomic mass is 16.6. The summed E-state index contributed by atoms with van der Waals surface area (Å²) in [6.45, 7) is 1.34. The average molecular weight is 360 g/mol. The number of carbonyl (C=O) groups excluding carboxylic acids is 2. The molecule has 2 N–H and O–H groups in total. The van der Waals surface area contributed by atoms with Gasteiger partial charge in [-0.05, 0) is 25.1 Å². The zero-order valence-electron chi connectivity index (χ0n) is 14.0. The molecule has 2 aromatic rings. The third kappa shape index (κ3) is 4.26. The summed E-state index contributed by atoms with van der Waals surface area (Å²) in [6, 6.07) is 9.62. The van der Waals surface area contributed by atoms with Crippen LogP contribution in [0.1, 0.15) is 17.3 Å². The molecule has 0 aliphatic rings. The van der Waals surface area contributed by atoms with Crippen molar-refractivity contribution in [1.82, 2.24) is 0 Å². The molecule has 26 heavy (non-hydrogen) atoms. The Bertz CT molecular complexity index is 851. The number of esters is 1. The monoisotopic (exact) mass is 360 g/mol. The van der Waals surface area contributed by atoms with Crippen LogP contribution in [0.3, 0.4) is 0 Å². The minimum absolute atomic E-state index is 0.0909. The van der Waals surface area contributed by atoms with Crippen molar-refractivity contribution in [2.45, 2.75) is 13.0 Å². The predicted molar refractivity (Wildman–Crippen MR) is 91.3 cm³/mol. The van der Waals surface area contributed by atoms with Crippen LogP contribution in [0.5, 0.6) is 11.5 Å². The molecule has 0 aliphatic carbocycles. The van der Waals surface area contributed by atoms with Gasteiger partial charge < -0.3 is 19.9 Å². The highest BCUT2D eigenvalue weighted by molar-refractivity contribution is 5.98. The van der Waals surface area contributed by atoms with E-state index in [-0.39, 0.29) is 22.7 Å². The second kappa shape index (κ2) is 7.97. The number of aromatic hydroxyl groups is 1. The number of carbonyl (C=O) groups is 2. The van der Waals surface area contributed by atoms with E-state index in [1.54, 1.807) is 0 Å². The second-order valence-electron chi connectivity index (χ2n) is 5.20. The Balaban J connectivity index is 2.06. The lowest BCUT2D eigenvalue weighted by molar-refractivity contribution is -0.384. The number of amides is 1. The largest absolute Gasteiger partial charge is 0.504 e. The van der Waals surface area contributed by atoms with Crippen molar-refractivity contribution in [3.05, 3.63) is 58.1 Å². The van der Waals surface area contributed by atoms with Crippen LogP contribution in [0.4, 0.5) is 11.4 Å². The van der Waals surface area contributed by atoms with E-state index >= 15 is 0 Å². The molecule has 0 heterocycles. The van der Waals surface area contributed by atoms with Gasteiger partial charge in [-0.15, -0.1) is 0 Å². The van der Waals surface area contributed by atoms with Gasteiger partial charge in [0, 0.05) is 17.8 Å². The third-order valence-electron chi connectivity index (χ3n) is 3.42. The predicted octanol–water partition coefficient (Wildman–Crippen LogP) is 2.49. The van der Waals surface area contributed by atoms with Crippen LogP contribution < -0.4 is 10.1 Å². The van der Waals surface area contributed by atoms with Crippen molar-refractivity contribution in [3.8, 4) is 11.5 Å². The lowest BCUT2D eigenvalue weighted by Crippen LogP contribution is -2.30. The number of methoxy groups -OCH3 is 1. The molecule has 0 spiro atoms. The lowest BCUT2D eigenvalue weighted by Gasteiger charge is -2.14. The fourth-order valence-electron chi connectivity index (χ4n) is 2.07. The number of anilines is 1. The summed E-state index contributed by atoms with van der Waals surface area (Å²) in [7, 11) is 1.33. The minimum atomic E-state index is -1.20. The van der Waals surface area contributed by atoms with Gasteiger partial charge in [-0.1, -0.05) is 12.1 Å². The van der Waals surface area contributed by atoms with Gasteiger partial charge >= 0.3 is 5.97 Å². The molecule has 0 saturated carbocycles. The highest BCUT2D eigenvalue weighted by Gasteiger charge is 2.22. The highest BCUT2D eigenvalue weighted by Crippen LogP contribution is 2.30. The van der Waals surface area contributed by atoms with E-state index in [0.717, 1.165) is 0 Å². The van der Waals surface area contributed by atoms with E-state index < -0.39 is 28.7 Å². The number of rotatable bonds is 6. The topological polar surface area (TPSA) is 128 Å². The standard InChI is InChI=1S/C17H16N2O7/c1-10(16(21)18-11-5-3-6-12(9-11)19(23)24)26-17(22)13-7-4-8-14(25-2)15(13)20/h3-10,20H,1-2H3,(H,18,21)/t10-/m1/s1. The van der Waals surface area contributed by atoms with Gasteiger partial charge in [0.15, 0.2) is 17.6 Å². The van der Waals surface area contributed by atoms with Crippen LogP contribution in [0.25, 0.3) is 0 Å². The maximum Gasteiger partial charge on any atom is 0.342 e. The van der Waals surface area contributed by atoms with Crippen molar-refractivity contribution >= 4 is 23.3 Å². The molecule has 0 radical (unpaired) electrons. The number of non-ortho nitro benzene ring substituents is 1. The van der Waals surface area contributed by atoms with E-state index in [9.17, 15) is 24.8 Å². The van der Waals surface area contributed by atoms with Crippen molar-refractivity contribution in [2.24, 2.45) is 0 Å². The lowest BCUT2D eigenvalue weighted by atomic mass is 10.2. The molecule has 0 aliphatic heterocycles. The Morgan fingerprint density at radius 2 is 1.92 bits per heavy atom. The normalized spacial score (nSPS) is 11.3. The summed E-state index contributed by atoms with van der Waals surface area (Å²) in [6.07, 6.45) is -1.20. The van der Waals surface area contributed by atoms with Gasteiger partial charge in [-0.25, -0.2) is 4.79 Å². The molecule has 0 fully saturated rings. The Labute approximate surface area is 148 Å². The molecule has 0 bridgehead atoms. The van der Waals surface area contributed by atoms with Crippen LogP contribution in [-0.2, 0) is 9.53 Å². The van der Waals surface area contributed by atoms with E-state index in [1.807, 2.05) is 0 Å². The number of phenols is 1. The molecular weight excluding hydrogens is 344 g/mol. The van der Waals surface area contributed by atoms with Gasteiger partial charge in [-0.2, -0.15) is 0 Å². The summed E-state index contributed by atoms with van der Waals surface area (Å²) in [5.74, 6) is -1.90. The maximum absolute atomic E-state index is 12.1. The second-order valence-corrected chi connectivity index (χ2v) is 5.20. The summed E-state index contributed by atoms with van der Waals surface area (Å²) in [5.41, 5.74) is -0.149. The molecule has 9 nitrogen and oxygen atoms in total. The molecule has 0 unspecified atom stereocenters. The number of benzene rings is 2. The quantitative estimate of drug-likeness (QED) is 0.460.